The van der Waals surface area contributed by atoms with Gasteiger partial charge in [0.15, 0.2) is 6.04 Å². The molecule has 0 saturated heterocycles. The molecule has 0 bridgehead atoms. The number of carbonyl (C=O) groups is 1. The molecule has 5 heteroatoms. The van der Waals surface area contributed by atoms with Gasteiger partial charge in [-0.3, -0.25) is 4.99 Å². The number of nitrogens with zero attached hydrogens (tertiary/aromatic N) is 1. The summed E-state index contributed by atoms with van der Waals surface area (Å²) >= 11 is 3.33. The lowest BCUT2D eigenvalue weighted by atomic mass is 9.97. The summed E-state index contributed by atoms with van der Waals surface area (Å²) in [6, 6.07) is 2.50. The van der Waals surface area contributed by atoms with Gasteiger partial charge in [-0.25, -0.2) is 4.79 Å². The Morgan fingerprint density at radius 3 is 2.93 bits per heavy atom. The summed E-state index contributed by atoms with van der Waals surface area (Å²) in [5, 5.41) is 18.4. The fraction of sp³-hybridized carbons (Fsp3) is 0.200. The highest BCUT2D eigenvalue weighted by Gasteiger charge is 2.24. The Morgan fingerprint density at radius 1 is 1.53 bits per heavy atom. The highest BCUT2D eigenvalue weighted by atomic mass is 79.9. The van der Waals surface area contributed by atoms with Crippen LogP contribution in [0.2, 0.25) is 0 Å². The van der Waals surface area contributed by atoms with E-state index in [2.05, 4.69) is 20.9 Å². The number of hydrogen-bond donors (Lipinski definition) is 2. The van der Waals surface area contributed by atoms with Crippen molar-refractivity contribution < 1.29 is 15.0 Å². The van der Waals surface area contributed by atoms with Crippen LogP contribution in [0, 0.1) is 0 Å². The van der Waals surface area contributed by atoms with Crippen LogP contribution in [0.1, 0.15) is 11.1 Å². The Bertz CT molecular complexity index is 456. The minimum Gasteiger partial charge on any atom is -0.507 e. The first-order valence-electron chi connectivity index (χ1n) is 4.36. The number of carboxylic acids is 1. The normalized spacial score (nSPS) is 18.6. The van der Waals surface area contributed by atoms with Crippen molar-refractivity contribution in [2.75, 3.05) is 0 Å². The van der Waals surface area contributed by atoms with Gasteiger partial charge in [-0.1, -0.05) is 15.9 Å². The zero-order chi connectivity index (χ0) is 11.0. The van der Waals surface area contributed by atoms with Crippen LogP contribution in [0.5, 0.6) is 5.75 Å². The van der Waals surface area contributed by atoms with E-state index in [1.165, 1.54) is 6.21 Å². The van der Waals surface area contributed by atoms with E-state index in [9.17, 15) is 9.90 Å². The second-order valence-corrected chi connectivity index (χ2v) is 4.15. The Morgan fingerprint density at radius 2 is 2.27 bits per heavy atom. The van der Waals surface area contributed by atoms with Gasteiger partial charge in [-0.2, -0.15) is 0 Å². The summed E-state index contributed by atoms with van der Waals surface area (Å²) in [4.78, 5) is 14.6. The van der Waals surface area contributed by atoms with Crippen molar-refractivity contribution in [2.45, 2.75) is 12.5 Å². The summed E-state index contributed by atoms with van der Waals surface area (Å²) in [7, 11) is 0. The van der Waals surface area contributed by atoms with Gasteiger partial charge in [0.25, 0.3) is 0 Å². The fourth-order valence-corrected chi connectivity index (χ4v) is 2.05. The van der Waals surface area contributed by atoms with Gasteiger partial charge in [0.1, 0.15) is 5.75 Å². The highest BCUT2D eigenvalue weighted by Crippen LogP contribution is 2.30. The van der Waals surface area contributed by atoms with Crippen molar-refractivity contribution in [2.24, 2.45) is 4.99 Å². The number of aromatic hydroxyl groups is 1. The van der Waals surface area contributed by atoms with Gasteiger partial charge in [-0.05, 0) is 17.7 Å². The van der Waals surface area contributed by atoms with E-state index in [0.29, 0.717) is 12.0 Å². The lowest BCUT2D eigenvalue weighted by Gasteiger charge is -2.17. The number of halogens is 1. The highest BCUT2D eigenvalue weighted by molar-refractivity contribution is 9.10. The molecular formula is C10H8BrNO3. The lowest BCUT2D eigenvalue weighted by Crippen LogP contribution is -2.24. The van der Waals surface area contributed by atoms with Gasteiger partial charge < -0.3 is 10.2 Å². The van der Waals surface area contributed by atoms with Crippen LogP contribution in [-0.2, 0) is 11.2 Å². The molecule has 1 heterocycles. The second-order valence-electron chi connectivity index (χ2n) is 3.30. The minimum atomic E-state index is -0.952. The Labute approximate surface area is 94.4 Å². The van der Waals surface area contributed by atoms with Gasteiger partial charge >= 0.3 is 5.97 Å². The zero-order valence-electron chi connectivity index (χ0n) is 7.64. The topological polar surface area (TPSA) is 69.9 Å². The number of rotatable bonds is 1. The van der Waals surface area contributed by atoms with Crippen LogP contribution < -0.4 is 0 Å². The van der Waals surface area contributed by atoms with E-state index >= 15 is 0 Å². The average molecular weight is 270 g/mol. The van der Waals surface area contributed by atoms with Crippen molar-refractivity contribution in [3.05, 3.63) is 27.7 Å². The van der Waals surface area contributed by atoms with Crippen LogP contribution in [0.25, 0.3) is 0 Å². The molecule has 1 aromatic carbocycles. The first-order valence-corrected chi connectivity index (χ1v) is 5.15. The molecule has 15 heavy (non-hydrogen) atoms. The summed E-state index contributed by atoms with van der Waals surface area (Å²) in [6.45, 7) is 0. The molecular weight excluding hydrogens is 262 g/mol. The van der Waals surface area contributed by atoms with Crippen LogP contribution in [0.4, 0.5) is 0 Å². The molecule has 0 radical (unpaired) electrons. The Balaban J connectivity index is 2.49. The Hall–Kier alpha value is -1.36. The van der Waals surface area contributed by atoms with Crippen molar-refractivity contribution in [1.82, 2.24) is 0 Å². The maximum atomic E-state index is 10.8. The molecule has 2 rings (SSSR count). The number of fused-ring (bicyclic) bond motifs is 1. The molecule has 1 atom stereocenters. The van der Waals surface area contributed by atoms with Crippen LogP contribution >= 0.6 is 15.9 Å². The third-order valence-corrected chi connectivity index (χ3v) is 3.09. The van der Waals surface area contributed by atoms with E-state index in [-0.39, 0.29) is 5.75 Å². The van der Waals surface area contributed by atoms with Crippen molar-refractivity contribution in [1.29, 1.82) is 0 Å². The van der Waals surface area contributed by atoms with Crippen LogP contribution in [-0.4, -0.2) is 28.4 Å². The number of phenolic OH excluding ortho intramolecular Hbond substituents is 1. The number of phenols is 1. The van der Waals surface area contributed by atoms with Crippen LogP contribution in [0.3, 0.4) is 0 Å². The molecule has 0 spiro atoms. The third-order valence-electron chi connectivity index (χ3n) is 2.34. The smallest absolute Gasteiger partial charge is 0.328 e. The van der Waals surface area contributed by atoms with Gasteiger partial charge in [0, 0.05) is 22.7 Å². The molecule has 0 fully saturated rings. The molecule has 4 nitrogen and oxygen atoms in total. The summed E-state index contributed by atoms with van der Waals surface area (Å²) < 4.78 is 0.799. The van der Waals surface area contributed by atoms with E-state index < -0.39 is 12.0 Å². The fourth-order valence-electron chi connectivity index (χ4n) is 1.54. The van der Waals surface area contributed by atoms with Gasteiger partial charge in [-0.15, -0.1) is 0 Å². The van der Waals surface area contributed by atoms with Crippen molar-refractivity contribution >= 4 is 28.1 Å². The molecule has 0 saturated carbocycles. The average Bonchev–Trinajstić information content (AvgIpc) is 2.23. The van der Waals surface area contributed by atoms with E-state index in [1.807, 2.05) is 0 Å². The predicted molar refractivity (Wildman–Crippen MR) is 58.5 cm³/mol. The van der Waals surface area contributed by atoms with Crippen LogP contribution in [0.15, 0.2) is 21.6 Å². The number of aliphatic carboxylic acids is 1. The number of carboxylic acid groups (broad SMARTS) is 1. The van der Waals surface area contributed by atoms with E-state index in [4.69, 9.17) is 5.11 Å². The molecule has 1 aliphatic heterocycles. The molecule has 0 aliphatic carbocycles. The van der Waals surface area contributed by atoms with E-state index in [1.54, 1.807) is 12.1 Å². The number of aliphatic imine (C=N–C) groups is 1. The number of hydrogen-bond acceptors (Lipinski definition) is 3. The molecule has 1 aliphatic rings. The number of benzene rings is 1. The molecule has 1 aromatic rings. The maximum Gasteiger partial charge on any atom is 0.328 e. The summed E-state index contributed by atoms with van der Waals surface area (Å²) in [5.41, 5.74) is 1.39. The van der Waals surface area contributed by atoms with Crippen molar-refractivity contribution in [3.63, 3.8) is 0 Å². The monoisotopic (exact) mass is 269 g/mol. The molecule has 0 amide bonds. The standard InChI is InChI=1S/C10H8BrNO3/c11-7-1-2-9(13)6-4-12-8(10(14)15)3-5(6)7/h1-2,4,8,13H,3H2,(H,14,15). The Kier molecular flexibility index (Phi) is 2.48. The quantitative estimate of drug-likeness (QED) is 0.814. The SMILES string of the molecule is O=C(O)C1Cc2c(Br)ccc(O)c2C=N1. The molecule has 0 aromatic heterocycles. The maximum absolute atomic E-state index is 10.8. The largest absolute Gasteiger partial charge is 0.507 e. The van der Waals surface area contributed by atoms with Crippen molar-refractivity contribution in [3.8, 4) is 5.75 Å². The first kappa shape index (κ1) is 10.2. The van der Waals surface area contributed by atoms with E-state index in [0.717, 1.165) is 10.0 Å². The van der Waals surface area contributed by atoms with Gasteiger partial charge in [0.2, 0.25) is 0 Å². The minimum absolute atomic E-state index is 0.126. The summed E-state index contributed by atoms with van der Waals surface area (Å²) in [6.07, 6.45) is 1.72. The first-order chi connectivity index (χ1) is 7.09. The molecule has 2 N–H and O–H groups in total. The third kappa shape index (κ3) is 1.74. The molecule has 1 unspecified atom stereocenters. The second kappa shape index (κ2) is 3.66. The zero-order valence-corrected chi connectivity index (χ0v) is 9.23. The summed E-state index contributed by atoms with van der Waals surface area (Å²) in [5.74, 6) is -0.826. The molecule has 78 valence electrons. The van der Waals surface area contributed by atoms with Gasteiger partial charge in [0.05, 0.1) is 0 Å². The lowest BCUT2D eigenvalue weighted by molar-refractivity contribution is -0.138. The predicted octanol–water partition coefficient (Wildman–Crippen LogP) is 1.58.